The minimum Gasteiger partial charge on any atom is -0.423 e. The van der Waals surface area contributed by atoms with E-state index in [4.69, 9.17) is 10.2 Å². The van der Waals surface area contributed by atoms with Crippen LogP contribution in [0.4, 0.5) is 16.1 Å². The number of para-hydroxylation sites is 1. The second kappa shape index (κ2) is 5.09. The molecule has 1 heterocycles. The Labute approximate surface area is 121 Å². The summed E-state index contributed by atoms with van der Waals surface area (Å²) < 4.78 is 19.2. The summed E-state index contributed by atoms with van der Waals surface area (Å²) >= 11 is 0. The predicted molar refractivity (Wildman–Crippen MR) is 81.6 cm³/mol. The molecule has 0 fully saturated rings. The van der Waals surface area contributed by atoms with Gasteiger partial charge in [0.1, 0.15) is 11.3 Å². The van der Waals surface area contributed by atoms with Gasteiger partial charge in [0.2, 0.25) is 0 Å². The third kappa shape index (κ3) is 2.54. The van der Waals surface area contributed by atoms with E-state index in [2.05, 4.69) is 10.3 Å². The zero-order valence-corrected chi connectivity index (χ0v) is 11.9. The summed E-state index contributed by atoms with van der Waals surface area (Å²) in [6, 6.07) is 10.8. The van der Waals surface area contributed by atoms with Gasteiger partial charge < -0.3 is 15.5 Å². The van der Waals surface area contributed by atoms with E-state index in [9.17, 15) is 4.39 Å². The highest BCUT2D eigenvalue weighted by atomic mass is 19.1. The average molecular weight is 285 g/mol. The first kappa shape index (κ1) is 13.4. The second-order valence-corrected chi connectivity index (χ2v) is 5.09. The molecule has 3 rings (SSSR count). The van der Waals surface area contributed by atoms with Crippen molar-refractivity contribution >= 4 is 22.8 Å². The maximum atomic E-state index is 13.6. The van der Waals surface area contributed by atoms with Crippen molar-refractivity contribution in [3.63, 3.8) is 0 Å². The fourth-order valence-corrected chi connectivity index (χ4v) is 2.18. The number of nitrogens with one attached hydrogen (secondary N) is 1. The van der Waals surface area contributed by atoms with Gasteiger partial charge in [0.15, 0.2) is 5.58 Å². The van der Waals surface area contributed by atoms with Gasteiger partial charge in [-0.05, 0) is 43.2 Å². The molecule has 0 saturated carbocycles. The van der Waals surface area contributed by atoms with Crippen LogP contribution in [-0.4, -0.2) is 4.98 Å². The molecule has 0 aliphatic rings. The van der Waals surface area contributed by atoms with Crippen molar-refractivity contribution in [1.29, 1.82) is 0 Å². The minimum atomic E-state index is -0.219. The highest BCUT2D eigenvalue weighted by Gasteiger charge is 2.12. The Kier molecular flexibility index (Phi) is 3.25. The Morgan fingerprint density at radius 2 is 2.10 bits per heavy atom. The van der Waals surface area contributed by atoms with E-state index < -0.39 is 0 Å². The van der Waals surface area contributed by atoms with E-state index in [1.54, 1.807) is 25.1 Å². The van der Waals surface area contributed by atoms with Crippen LogP contribution in [0.5, 0.6) is 0 Å². The van der Waals surface area contributed by atoms with Crippen LogP contribution in [0.15, 0.2) is 40.8 Å². The molecule has 3 N–H and O–H groups in total. The number of hydrogen-bond acceptors (Lipinski definition) is 4. The number of halogens is 1. The van der Waals surface area contributed by atoms with Gasteiger partial charge in [-0.25, -0.2) is 4.39 Å². The van der Waals surface area contributed by atoms with Crippen molar-refractivity contribution in [2.24, 2.45) is 0 Å². The van der Waals surface area contributed by atoms with Gasteiger partial charge >= 0.3 is 0 Å². The van der Waals surface area contributed by atoms with E-state index in [1.807, 2.05) is 19.1 Å². The monoisotopic (exact) mass is 285 g/mol. The van der Waals surface area contributed by atoms with Crippen molar-refractivity contribution in [3.05, 3.63) is 53.3 Å². The van der Waals surface area contributed by atoms with Gasteiger partial charge in [0, 0.05) is 0 Å². The van der Waals surface area contributed by atoms with Crippen LogP contribution in [0.2, 0.25) is 0 Å². The highest BCUT2D eigenvalue weighted by molar-refractivity contribution is 5.86. The number of rotatable bonds is 3. The molecule has 0 aliphatic carbocycles. The summed E-state index contributed by atoms with van der Waals surface area (Å²) in [5.74, 6) is -0.219. The Morgan fingerprint density at radius 3 is 2.81 bits per heavy atom. The lowest BCUT2D eigenvalue weighted by atomic mass is 10.1. The maximum absolute atomic E-state index is 13.6. The van der Waals surface area contributed by atoms with Crippen molar-refractivity contribution < 1.29 is 8.81 Å². The third-order valence-corrected chi connectivity index (χ3v) is 3.49. The largest absolute Gasteiger partial charge is 0.423 e. The Balaban J connectivity index is 1.87. The molecule has 0 spiro atoms. The summed E-state index contributed by atoms with van der Waals surface area (Å²) in [6.45, 7) is 3.66. The summed E-state index contributed by atoms with van der Waals surface area (Å²) in [5, 5.41) is 3.12. The molecule has 1 unspecified atom stereocenters. The topological polar surface area (TPSA) is 64.1 Å². The third-order valence-electron chi connectivity index (χ3n) is 3.49. The maximum Gasteiger partial charge on any atom is 0.296 e. The van der Waals surface area contributed by atoms with E-state index in [1.165, 1.54) is 6.07 Å². The molecule has 108 valence electrons. The van der Waals surface area contributed by atoms with Crippen LogP contribution in [0.1, 0.15) is 24.1 Å². The first-order chi connectivity index (χ1) is 10.0. The number of aryl methyl sites for hydroxylation is 1. The van der Waals surface area contributed by atoms with Crippen molar-refractivity contribution in [2.75, 3.05) is 11.1 Å². The van der Waals surface area contributed by atoms with Gasteiger partial charge in [-0.1, -0.05) is 18.2 Å². The smallest absolute Gasteiger partial charge is 0.296 e. The van der Waals surface area contributed by atoms with Crippen LogP contribution in [-0.2, 0) is 0 Å². The van der Waals surface area contributed by atoms with Crippen molar-refractivity contribution in [2.45, 2.75) is 19.9 Å². The standard InChI is InChI=1S/C16H16FN3O/c1-9-6-7-11(8-12(9)17)10(2)19-16-20-15-13(18)4-3-5-14(15)21-16/h3-8,10H,18H2,1-2H3,(H,19,20). The molecule has 21 heavy (non-hydrogen) atoms. The molecule has 4 nitrogen and oxygen atoms in total. The lowest BCUT2D eigenvalue weighted by Crippen LogP contribution is -2.07. The van der Waals surface area contributed by atoms with Crippen molar-refractivity contribution in [3.8, 4) is 0 Å². The molecule has 0 saturated heterocycles. The molecular formula is C16H16FN3O. The number of anilines is 2. The number of benzene rings is 2. The van der Waals surface area contributed by atoms with Gasteiger partial charge in [0.25, 0.3) is 6.01 Å². The zero-order chi connectivity index (χ0) is 15.0. The number of fused-ring (bicyclic) bond motifs is 1. The van der Waals surface area contributed by atoms with Crippen molar-refractivity contribution in [1.82, 2.24) is 4.98 Å². The summed E-state index contributed by atoms with van der Waals surface area (Å²) in [4.78, 5) is 4.32. The molecular weight excluding hydrogens is 269 g/mol. The lowest BCUT2D eigenvalue weighted by Gasteiger charge is -2.13. The number of nitrogens with two attached hydrogens (primary N) is 1. The second-order valence-electron chi connectivity index (χ2n) is 5.09. The molecule has 5 heteroatoms. The SMILES string of the molecule is Cc1ccc(C(C)Nc2nc3c(N)cccc3o2)cc1F. The van der Waals surface area contributed by atoms with Gasteiger partial charge in [0.05, 0.1) is 11.7 Å². The van der Waals surface area contributed by atoms with E-state index in [-0.39, 0.29) is 11.9 Å². The molecule has 3 aromatic rings. The van der Waals surface area contributed by atoms with Crippen LogP contribution in [0.25, 0.3) is 11.1 Å². The van der Waals surface area contributed by atoms with Gasteiger partial charge in [-0.15, -0.1) is 0 Å². The molecule has 2 aromatic carbocycles. The number of nitrogens with zero attached hydrogens (tertiary/aromatic N) is 1. The quantitative estimate of drug-likeness (QED) is 0.713. The summed E-state index contributed by atoms with van der Waals surface area (Å²) in [5.41, 5.74) is 9.12. The van der Waals surface area contributed by atoms with Crippen LogP contribution < -0.4 is 11.1 Å². The first-order valence-electron chi connectivity index (χ1n) is 6.72. The van der Waals surface area contributed by atoms with Gasteiger partial charge in [-0.3, -0.25) is 0 Å². The number of nitrogen functional groups attached to an aromatic ring is 1. The van der Waals surface area contributed by atoms with E-state index in [0.29, 0.717) is 28.4 Å². The summed E-state index contributed by atoms with van der Waals surface area (Å²) in [7, 11) is 0. The molecule has 0 aliphatic heterocycles. The summed E-state index contributed by atoms with van der Waals surface area (Å²) in [6.07, 6.45) is 0. The minimum absolute atomic E-state index is 0.130. The number of hydrogen-bond donors (Lipinski definition) is 2. The number of oxazole rings is 1. The molecule has 0 radical (unpaired) electrons. The predicted octanol–water partition coefficient (Wildman–Crippen LogP) is 4.03. The number of aromatic nitrogens is 1. The average Bonchev–Trinajstić information content (AvgIpc) is 2.86. The fourth-order valence-electron chi connectivity index (χ4n) is 2.18. The Hall–Kier alpha value is -2.56. The van der Waals surface area contributed by atoms with Crippen LogP contribution in [0, 0.1) is 12.7 Å². The van der Waals surface area contributed by atoms with E-state index in [0.717, 1.165) is 5.56 Å². The molecule has 0 amide bonds. The van der Waals surface area contributed by atoms with E-state index >= 15 is 0 Å². The Morgan fingerprint density at radius 1 is 1.29 bits per heavy atom. The molecule has 0 bridgehead atoms. The first-order valence-corrected chi connectivity index (χ1v) is 6.72. The normalized spacial score (nSPS) is 12.5. The molecule has 1 atom stereocenters. The van der Waals surface area contributed by atoms with Gasteiger partial charge in [-0.2, -0.15) is 4.98 Å². The lowest BCUT2D eigenvalue weighted by molar-refractivity contribution is 0.598. The molecule has 1 aromatic heterocycles. The highest BCUT2D eigenvalue weighted by Crippen LogP contribution is 2.26. The Bertz CT molecular complexity index is 797. The zero-order valence-electron chi connectivity index (χ0n) is 11.9. The van der Waals surface area contributed by atoms with Crippen LogP contribution in [0.3, 0.4) is 0 Å². The fraction of sp³-hybridized carbons (Fsp3) is 0.188. The van der Waals surface area contributed by atoms with Crippen LogP contribution >= 0.6 is 0 Å².